The molecular formula is C25H32ClNO6. The van der Waals surface area contributed by atoms with Gasteiger partial charge in [-0.2, -0.15) is 0 Å². The predicted octanol–water partition coefficient (Wildman–Crippen LogP) is 6.79. The molecule has 1 saturated carbocycles. The van der Waals surface area contributed by atoms with Gasteiger partial charge in [-0.05, 0) is 44.7 Å². The van der Waals surface area contributed by atoms with E-state index in [0.29, 0.717) is 34.4 Å². The van der Waals surface area contributed by atoms with Gasteiger partial charge >= 0.3 is 12.3 Å². The smallest absolute Gasteiger partial charge is 0.434 e. The highest BCUT2D eigenvalue weighted by molar-refractivity contribution is 6.31. The third-order valence-electron chi connectivity index (χ3n) is 5.87. The van der Waals surface area contributed by atoms with Crippen LogP contribution in [0.15, 0.2) is 47.2 Å². The van der Waals surface area contributed by atoms with E-state index in [1.165, 1.54) is 19.3 Å². The fourth-order valence-corrected chi connectivity index (χ4v) is 4.66. The Labute approximate surface area is 200 Å². The molecule has 1 aliphatic heterocycles. The number of carbonyl (C=O) groups is 2. The minimum Gasteiger partial charge on any atom is -0.434 e. The summed E-state index contributed by atoms with van der Waals surface area (Å²) in [5.41, 5.74) is 2.06. The van der Waals surface area contributed by atoms with Gasteiger partial charge in [-0.1, -0.05) is 61.9 Å². The summed E-state index contributed by atoms with van der Waals surface area (Å²) >= 11 is 6.56. The molecule has 0 radical (unpaired) electrons. The van der Waals surface area contributed by atoms with Crippen molar-refractivity contribution in [3.05, 3.63) is 57.8 Å². The van der Waals surface area contributed by atoms with Gasteiger partial charge in [0.25, 0.3) is 0 Å². The van der Waals surface area contributed by atoms with Crippen molar-refractivity contribution in [2.24, 2.45) is 5.92 Å². The van der Waals surface area contributed by atoms with Crippen molar-refractivity contribution in [2.75, 3.05) is 13.2 Å². The van der Waals surface area contributed by atoms with E-state index in [1.54, 1.807) is 19.9 Å². The molecule has 8 heteroatoms. The maximum atomic E-state index is 12.4. The van der Waals surface area contributed by atoms with Crippen molar-refractivity contribution in [3.8, 4) is 0 Å². The number of dihydropyridines is 1. The molecular weight excluding hydrogens is 446 g/mol. The highest BCUT2D eigenvalue weighted by atomic mass is 35.5. The number of nitrogens with one attached hydrogen (secondary N) is 1. The van der Waals surface area contributed by atoms with Crippen molar-refractivity contribution in [2.45, 2.75) is 65.2 Å². The lowest BCUT2D eigenvalue weighted by Crippen LogP contribution is -2.31. The molecule has 180 valence electrons. The van der Waals surface area contributed by atoms with E-state index >= 15 is 0 Å². The van der Waals surface area contributed by atoms with Crippen LogP contribution in [0.25, 0.3) is 0 Å². The Morgan fingerprint density at radius 3 is 2.18 bits per heavy atom. The number of halogens is 1. The van der Waals surface area contributed by atoms with Gasteiger partial charge in [-0.15, -0.1) is 0 Å². The molecule has 1 aliphatic carbocycles. The van der Waals surface area contributed by atoms with Gasteiger partial charge in [0.15, 0.2) is 0 Å². The minimum absolute atomic E-state index is 0.171. The highest BCUT2D eigenvalue weighted by Crippen LogP contribution is 2.44. The molecule has 1 aromatic carbocycles. The van der Waals surface area contributed by atoms with Crippen molar-refractivity contribution >= 4 is 23.9 Å². The number of allylic oxidation sites excluding steroid dienone is 2. The molecule has 1 heterocycles. The zero-order chi connectivity index (χ0) is 23.8. The molecule has 0 bridgehead atoms. The number of ether oxygens (including phenoxy) is 4. The summed E-state index contributed by atoms with van der Waals surface area (Å²) in [4.78, 5) is 24.7. The van der Waals surface area contributed by atoms with Crippen LogP contribution in [-0.4, -0.2) is 25.5 Å². The fraction of sp³-hybridized carbons (Fsp3) is 0.520. The van der Waals surface area contributed by atoms with E-state index in [1.807, 2.05) is 25.1 Å². The third kappa shape index (κ3) is 6.44. The quantitative estimate of drug-likeness (QED) is 0.433. The summed E-state index contributed by atoms with van der Waals surface area (Å²) in [6.07, 6.45) is 4.90. The predicted molar refractivity (Wildman–Crippen MR) is 124 cm³/mol. The molecule has 0 amide bonds. The first kappa shape index (κ1) is 25.0. The fourth-order valence-electron chi connectivity index (χ4n) is 4.41. The van der Waals surface area contributed by atoms with Gasteiger partial charge in [0.2, 0.25) is 0 Å². The van der Waals surface area contributed by atoms with Gasteiger partial charge in [-0.3, -0.25) is 0 Å². The Kier molecular flexibility index (Phi) is 9.06. The maximum Gasteiger partial charge on any atom is 0.513 e. The van der Waals surface area contributed by atoms with Crippen LogP contribution in [0.4, 0.5) is 9.59 Å². The lowest BCUT2D eigenvalue weighted by Gasteiger charge is -2.33. The summed E-state index contributed by atoms with van der Waals surface area (Å²) < 4.78 is 21.4. The normalized spacial score (nSPS) is 19.1. The number of carbonyl (C=O) groups excluding carboxylic acids is 2. The molecule has 1 N–H and O–H groups in total. The first-order valence-electron chi connectivity index (χ1n) is 11.6. The lowest BCUT2D eigenvalue weighted by molar-refractivity contribution is 0.0643. The van der Waals surface area contributed by atoms with Crippen LogP contribution >= 0.6 is 11.6 Å². The first-order chi connectivity index (χ1) is 15.9. The van der Waals surface area contributed by atoms with Crippen LogP contribution in [0.2, 0.25) is 5.02 Å². The summed E-state index contributed by atoms with van der Waals surface area (Å²) in [7, 11) is 0. The molecule has 0 spiro atoms. The zero-order valence-corrected chi connectivity index (χ0v) is 20.2. The van der Waals surface area contributed by atoms with Crippen molar-refractivity contribution < 1.29 is 28.5 Å². The summed E-state index contributed by atoms with van der Waals surface area (Å²) in [5, 5.41) is 3.79. The number of hydrogen-bond acceptors (Lipinski definition) is 7. The largest absolute Gasteiger partial charge is 0.513 e. The number of rotatable bonds is 7. The molecule has 0 aromatic heterocycles. The van der Waals surface area contributed by atoms with Gasteiger partial charge < -0.3 is 24.3 Å². The summed E-state index contributed by atoms with van der Waals surface area (Å²) in [5.74, 6) is 0.354. The molecule has 0 saturated heterocycles. The van der Waals surface area contributed by atoms with Crippen molar-refractivity contribution in [3.63, 3.8) is 0 Å². The van der Waals surface area contributed by atoms with E-state index < -0.39 is 18.2 Å². The van der Waals surface area contributed by atoms with E-state index in [2.05, 4.69) is 5.32 Å². The Balaban J connectivity index is 2.08. The Hall–Kier alpha value is -2.67. The minimum atomic E-state index is -0.836. The molecule has 1 unspecified atom stereocenters. The second-order valence-corrected chi connectivity index (χ2v) is 8.60. The third-order valence-corrected chi connectivity index (χ3v) is 6.22. The van der Waals surface area contributed by atoms with Gasteiger partial charge in [0.05, 0.1) is 24.6 Å². The van der Waals surface area contributed by atoms with Crippen LogP contribution in [0.3, 0.4) is 0 Å². The molecule has 3 rings (SSSR count). The average molecular weight is 478 g/mol. The SMILES string of the molecule is CCOC(=O)OC1=C(C)NC(CC2CCCCC2)=C(OC(=O)OCC)C1c1ccccc1Cl. The molecule has 1 fully saturated rings. The van der Waals surface area contributed by atoms with Crippen LogP contribution in [-0.2, 0) is 18.9 Å². The lowest BCUT2D eigenvalue weighted by atomic mass is 9.83. The van der Waals surface area contributed by atoms with E-state index in [4.69, 9.17) is 30.5 Å². The molecule has 7 nitrogen and oxygen atoms in total. The van der Waals surface area contributed by atoms with Crippen molar-refractivity contribution in [1.29, 1.82) is 0 Å². The second-order valence-electron chi connectivity index (χ2n) is 8.19. The van der Waals surface area contributed by atoms with E-state index in [-0.39, 0.29) is 19.0 Å². The van der Waals surface area contributed by atoms with Crippen molar-refractivity contribution in [1.82, 2.24) is 5.32 Å². The van der Waals surface area contributed by atoms with Crippen LogP contribution in [0.1, 0.15) is 70.8 Å². The second kappa shape index (κ2) is 12.0. The van der Waals surface area contributed by atoms with Gasteiger partial charge in [-0.25, -0.2) is 9.59 Å². The molecule has 33 heavy (non-hydrogen) atoms. The number of benzene rings is 1. The first-order valence-corrected chi connectivity index (χ1v) is 12.0. The Morgan fingerprint density at radius 1 is 0.970 bits per heavy atom. The zero-order valence-electron chi connectivity index (χ0n) is 19.4. The molecule has 1 atom stereocenters. The Morgan fingerprint density at radius 2 is 1.58 bits per heavy atom. The van der Waals surface area contributed by atoms with E-state index in [9.17, 15) is 9.59 Å². The van der Waals surface area contributed by atoms with Crippen LogP contribution < -0.4 is 5.32 Å². The Bertz CT molecular complexity index is 919. The highest BCUT2D eigenvalue weighted by Gasteiger charge is 2.38. The number of hydrogen-bond donors (Lipinski definition) is 1. The average Bonchev–Trinajstić information content (AvgIpc) is 2.79. The van der Waals surface area contributed by atoms with E-state index in [0.717, 1.165) is 18.5 Å². The summed E-state index contributed by atoms with van der Waals surface area (Å²) in [6.45, 7) is 5.58. The van der Waals surface area contributed by atoms with Gasteiger partial charge in [0.1, 0.15) is 17.4 Å². The molecule has 1 aromatic rings. The maximum absolute atomic E-state index is 12.4. The topological polar surface area (TPSA) is 83.1 Å². The monoisotopic (exact) mass is 477 g/mol. The molecule has 2 aliphatic rings. The standard InChI is InChI=1S/C25H32ClNO6/c1-4-30-24(28)32-22-16(3)27-20(15-17-11-7-6-8-12-17)23(33-25(29)31-5-2)21(22)18-13-9-10-14-19(18)26/h9-10,13-14,17,21,27H,4-8,11-12,15H2,1-3H3. The van der Waals surface area contributed by atoms with Crippen LogP contribution in [0.5, 0.6) is 0 Å². The van der Waals surface area contributed by atoms with Gasteiger partial charge in [0, 0.05) is 5.02 Å². The van der Waals surface area contributed by atoms with Crippen LogP contribution in [0, 0.1) is 5.92 Å². The summed E-state index contributed by atoms with van der Waals surface area (Å²) in [6, 6.07) is 7.23.